The molecule has 0 aliphatic rings. The van der Waals surface area contributed by atoms with Gasteiger partial charge in [-0.25, -0.2) is 9.78 Å². The predicted octanol–water partition coefficient (Wildman–Crippen LogP) is 3.55. The lowest BCUT2D eigenvalue weighted by Crippen LogP contribution is -2.12. The minimum atomic E-state index is -0.371. The van der Waals surface area contributed by atoms with E-state index in [0.29, 0.717) is 35.1 Å². The van der Waals surface area contributed by atoms with E-state index in [1.54, 1.807) is 56.3 Å². The van der Waals surface area contributed by atoms with Crippen molar-refractivity contribution in [2.45, 2.75) is 13.8 Å². The summed E-state index contributed by atoms with van der Waals surface area (Å²) >= 11 is 0. The number of benzene rings is 1. The molecule has 2 aromatic heterocycles. The Morgan fingerprint density at radius 3 is 2.52 bits per heavy atom. The first-order valence-corrected chi connectivity index (χ1v) is 8.30. The zero-order chi connectivity index (χ0) is 19.2. The maximum absolute atomic E-state index is 12.3. The molecule has 138 valence electrons. The average molecular weight is 366 g/mol. The first-order chi connectivity index (χ1) is 13.0. The van der Waals surface area contributed by atoms with Crippen LogP contribution in [0.4, 0.5) is 17.3 Å². The number of aryl methyl sites for hydroxylation is 1. The number of hydrogen-bond donors (Lipinski definition) is 2. The fourth-order valence-corrected chi connectivity index (χ4v) is 2.31. The third kappa shape index (κ3) is 4.69. The number of aromatic nitrogens is 2. The molecule has 8 nitrogen and oxygen atoms in total. The number of carbonyl (C=O) groups excluding carboxylic acids is 2. The Morgan fingerprint density at radius 1 is 1.07 bits per heavy atom. The zero-order valence-corrected chi connectivity index (χ0v) is 14.9. The number of ether oxygens (including phenoxy) is 1. The molecule has 0 saturated heterocycles. The highest BCUT2D eigenvalue weighted by molar-refractivity contribution is 6.04. The highest BCUT2D eigenvalue weighted by Gasteiger charge is 2.11. The van der Waals surface area contributed by atoms with Gasteiger partial charge in [-0.1, -0.05) is 5.16 Å². The number of hydrogen-bond acceptors (Lipinski definition) is 7. The van der Waals surface area contributed by atoms with Crippen molar-refractivity contribution in [2.75, 3.05) is 17.2 Å². The van der Waals surface area contributed by atoms with Gasteiger partial charge in [-0.3, -0.25) is 4.79 Å². The summed E-state index contributed by atoms with van der Waals surface area (Å²) in [6.07, 6.45) is 1.53. The summed E-state index contributed by atoms with van der Waals surface area (Å²) in [6.45, 7) is 3.82. The predicted molar refractivity (Wildman–Crippen MR) is 99.1 cm³/mol. The molecule has 8 heteroatoms. The number of anilines is 3. The second-order valence-electron chi connectivity index (χ2n) is 5.63. The Morgan fingerprint density at radius 2 is 1.85 bits per heavy atom. The molecule has 0 saturated carbocycles. The van der Waals surface area contributed by atoms with E-state index in [1.807, 2.05) is 0 Å². The molecule has 27 heavy (non-hydrogen) atoms. The van der Waals surface area contributed by atoms with E-state index >= 15 is 0 Å². The number of amides is 1. The van der Waals surface area contributed by atoms with Gasteiger partial charge in [0, 0.05) is 23.5 Å². The molecule has 2 heterocycles. The largest absolute Gasteiger partial charge is 0.462 e. The molecule has 0 bridgehead atoms. The van der Waals surface area contributed by atoms with Crippen LogP contribution in [0.2, 0.25) is 0 Å². The van der Waals surface area contributed by atoms with Crippen LogP contribution in [0.15, 0.2) is 53.2 Å². The Labute approximate surface area is 155 Å². The summed E-state index contributed by atoms with van der Waals surface area (Å²) in [5, 5.41) is 9.47. The highest BCUT2D eigenvalue weighted by Crippen LogP contribution is 2.17. The van der Waals surface area contributed by atoms with Crippen molar-refractivity contribution in [1.29, 1.82) is 0 Å². The van der Waals surface area contributed by atoms with Gasteiger partial charge in [-0.15, -0.1) is 0 Å². The van der Waals surface area contributed by atoms with Gasteiger partial charge in [0.25, 0.3) is 5.91 Å². The van der Waals surface area contributed by atoms with Crippen molar-refractivity contribution in [3.8, 4) is 0 Å². The molecule has 0 aliphatic carbocycles. The summed E-state index contributed by atoms with van der Waals surface area (Å²) in [6, 6.07) is 11.6. The Kier molecular flexibility index (Phi) is 5.46. The van der Waals surface area contributed by atoms with Crippen LogP contribution in [0.1, 0.15) is 33.4 Å². The first-order valence-electron chi connectivity index (χ1n) is 8.30. The number of carbonyl (C=O) groups is 2. The molecule has 2 N–H and O–H groups in total. The van der Waals surface area contributed by atoms with E-state index in [-0.39, 0.29) is 11.9 Å². The van der Waals surface area contributed by atoms with Crippen LogP contribution in [-0.2, 0) is 4.74 Å². The highest BCUT2D eigenvalue weighted by atomic mass is 16.5. The monoisotopic (exact) mass is 366 g/mol. The Hall–Kier alpha value is -3.68. The number of nitrogens with one attached hydrogen (secondary N) is 2. The quantitative estimate of drug-likeness (QED) is 0.643. The van der Waals surface area contributed by atoms with Crippen LogP contribution >= 0.6 is 0 Å². The van der Waals surface area contributed by atoms with Gasteiger partial charge >= 0.3 is 5.97 Å². The van der Waals surface area contributed by atoms with Gasteiger partial charge in [-0.05, 0) is 50.2 Å². The van der Waals surface area contributed by atoms with Crippen molar-refractivity contribution >= 4 is 29.2 Å². The topological polar surface area (TPSA) is 106 Å². The Balaban J connectivity index is 1.68. The molecule has 1 amide bonds. The zero-order valence-electron chi connectivity index (χ0n) is 14.9. The molecule has 3 aromatic rings. The molecule has 0 radical (unpaired) electrons. The molecule has 1 aromatic carbocycles. The van der Waals surface area contributed by atoms with Crippen LogP contribution in [-0.4, -0.2) is 28.6 Å². The number of nitrogens with zero attached hydrogens (tertiary/aromatic N) is 2. The molecule has 0 spiro atoms. The van der Waals surface area contributed by atoms with E-state index in [9.17, 15) is 9.59 Å². The van der Waals surface area contributed by atoms with Crippen LogP contribution in [0.25, 0.3) is 0 Å². The molecular formula is C19H18N4O4. The molecule has 0 fully saturated rings. The minimum Gasteiger partial charge on any atom is -0.462 e. The average Bonchev–Trinajstić information content (AvgIpc) is 3.07. The number of pyridine rings is 1. The second kappa shape index (κ2) is 8.13. The standard InChI is InChI=1S/C19H18N4O4/c1-3-26-19(25)13-4-6-15(7-5-13)21-16-11-14(8-9-20-16)18(24)22-17-10-12(2)27-23-17/h4-11H,3H2,1-2H3,(H,20,21)(H,22,23,24). The maximum Gasteiger partial charge on any atom is 0.338 e. The summed E-state index contributed by atoms with van der Waals surface area (Å²) < 4.78 is 9.87. The lowest BCUT2D eigenvalue weighted by Gasteiger charge is -2.08. The van der Waals surface area contributed by atoms with Gasteiger partial charge in [0.1, 0.15) is 11.6 Å². The smallest absolute Gasteiger partial charge is 0.338 e. The van der Waals surface area contributed by atoms with Crippen LogP contribution in [0.5, 0.6) is 0 Å². The normalized spacial score (nSPS) is 10.3. The van der Waals surface area contributed by atoms with E-state index in [0.717, 1.165) is 5.69 Å². The van der Waals surface area contributed by atoms with E-state index in [4.69, 9.17) is 9.26 Å². The second-order valence-corrected chi connectivity index (χ2v) is 5.63. The van der Waals surface area contributed by atoms with Gasteiger partial charge in [0.05, 0.1) is 12.2 Å². The summed E-state index contributed by atoms with van der Waals surface area (Å²) in [7, 11) is 0. The Bertz CT molecular complexity index is 950. The van der Waals surface area contributed by atoms with Crippen molar-refractivity contribution in [2.24, 2.45) is 0 Å². The molecule has 0 unspecified atom stereocenters. The van der Waals surface area contributed by atoms with Gasteiger partial charge < -0.3 is 19.9 Å². The summed E-state index contributed by atoms with van der Waals surface area (Å²) in [5.74, 6) is 0.741. The van der Waals surface area contributed by atoms with Crippen molar-refractivity contribution in [1.82, 2.24) is 10.1 Å². The van der Waals surface area contributed by atoms with Crippen LogP contribution in [0.3, 0.4) is 0 Å². The number of rotatable bonds is 6. The molecule has 3 rings (SSSR count). The lowest BCUT2D eigenvalue weighted by atomic mass is 10.2. The third-order valence-electron chi connectivity index (χ3n) is 3.56. The summed E-state index contributed by atoms with van der Waals surface area (Å²) in [4.78, 5) is 28.2. The van der Waals surface area contributed by atoms with Crippen molar-refractivity contribution in [3.63, 3.8) is 0 Å². The number of esters is 1. The van der Waals surface area contributed by atoms with Gasteiger partial charge in [0.15, 0.2) is 5.82 Å². The van der Waals surface area contributed by atoms with E-state index in [1.165, 1.54) is 6.20 Å². The van der Waals surface area contributed by atoms with E-state index in [2.05, 4.69) is 20.8 Å². The minimum absolute atomic E-state index is 0.325. The fourth-order valence-electron chi connectivity index (χ4n) is 2.31. The third-order valence-corrected chi connectivity index (χ3v) is 3.56. The summed E-state index contributed by atoms with van der Waals surface area (Å²) in [5.41, 5.74) is 1.60. The van der Waals surface area contributed by atoms with Gasteiger partial charge in [-0.2, -0.15) is 0 Å². The van der Waals surface area contributed by atoms with Crippen molar-refractivity contribution < 1.29 is 18.8 Å². The van der Waals surface area contributed by atoms with Crippen LogP contribution in [0, 0.1) is 6.92 Å². The first kappa shape index (κ1) is 18.1. The molecule has 0 aliphatic heterocycles. The van der Waals surface area contributed by atoms with Gasteiger partial charge in [0.2, 0.25) is 0 Å². The molecular weight excluding hydrogens is 348 g/mol. The van der Waals surface area contributed by atoms with Crippen LogP contribution < -0.4 is 10.6 Å². The lowest BCUT2D eigenvalue weighted by molar-refractivity contribution is 0.0526. The SMILES string of the molecule is CCOC(=O)c1ccc(Nc2cc(C(=O)Nc3cc(C)on3)ccn2)cc1. The van der Waals surface area contributed by atoms with Crippen molar-refractivity contribution in [3.05, 3.63) is 65.5 Å². The van der Waals surface area contributed by atoms with E-state index < -0.39 is 0 Å². The maximum atomic E-state index is 12.3. The fraction of sp³-hybridized carbons (Fsp3) is 0.158. The molecule has 0 atom stereocenters.